The van der Waals surface area contributed by atoms with Crippen molar-refractivity contribution in [1.82, 2.24) is 0 Å². The zero-order chi connectivity index (χ0) is 14.9. The van der Waals surface area contributed by atoms with Crippen molar-refractivity contribution in [3.63, 3.8) is 0 Å². The Hall–Kier alpha value is -1.86. The van der Waals surface area contributed by atoms with Crippen LogP contribution in [0.2, 0.25) is 5.02 Å². The fraction of sp³-hybridized carbons (Fsp3) is 0.417. The zero-order valence-electron chi connectivity index (χ0n) is 10.5. The van der Waals surface area contributed by atoms with Crippen LogP contribution in [0.1, 0.15) is 23.2 Å². The summed E-state index contributed by atoms with van der Waals surface area (Å²) in [5.41, 5.74) is -0.346. The molecule has 0 aliphatic heterocycles. The van der Waals surface area contributed by atoms with Crippen LogP contribution in [0.4, 0.5) is 11.4 Å². The van der Waals surface area contributed by atoms with Gasteiger partial charge in [0, 0.05) is 24.7 Å². The van der Waals surface area contributed by atoms with Crippen LogP contribution in [0.3, 0.4) is 0 Å². The Morgan fingerprint density at radius 1 is 1.50 bits per heavy atom. The number of carboxylic acids is 1. The maximum atomic E-state index is 11.3. The molecule has 0 heterocycles. The van der Waals surface area contributed by atoms with Gasteiger partial charge in [0.15, 0.2) is 0 Å². The second-order valence-electron chi connectivity index (χ2n) is 4.53. The van der Waals surface area contributed by atoms with Gasteiger partial charge < -0.3 is 15.1 Å². The number of aliphatic hydroxyl groups is 1. The number of anilines is 1. The number of aromatic carboxylic acids is 1. The SMILES string of the molecule is O=C(O)c1cc([N+](=O)[O-])cc(Cl)c1N(CCO)C1CC1. The molecule has 0 aromatic heterocycles. The Kier molecular flexibility index (Phi) is 4.10. The van der Waals surface area contributed by atoms with Gasteiger partial charge in [-0.15, -0.1) is 0 Å². The first-order chi connectivity index (χ1) is 9.45. The molecule has 1 aliphatic carbocycles. The van der Waals surface area contributed by atoms with E-state index in [0.717, 1.165) is 25.0 Å². The molecule has 0 radical (unpaired) electrons. The van der Waals surface area contributed by atoms with Gasteiger partial charge in [-0.2, -0.15) is 0 Å². The van der Waals surface area contributed by atoms with Crippen molar-refractivity contribution in [2.24, 2.45) is 0 Å². The number of carboxylic acid groups (broad SMARTS) is 1. The Labute approximate surface area is 119 Å². The maximum absolute atomic E-state index is 11.3. The van der Waals surface area contributed by atoms with Crippen LogP contribution in [0.25, 0.3) is 0 Å². The number of nitro groups is 1. The van der Waals surface area contributed by atoms with E-state index in [1.807, 2.05) is 0 Å². The van der Waals surface area contributed by atoms with Crippen molar-refractivity contribution in [3.8, 4) is 0 Å². The van der Waals surface area contributed by atoms with Crippen molar-refractivity contribution in [2.45, 2.75) is 18.9 Å². The number of carbonyl (C=O) groups is 1. The Bertz CT molecular complexity index is 559. The van der Waals surface area contributed by atoms with Crippen molar-refractivity contribution in [1.29, 1.82) is 0 Å². The minimum absolute atomic E-state index is 0.0111. The van der Waals surface area contributed by atoms with Gasteiger partial charge in [-0.05, 0) is 12.8 Å². The summed E-state index contributed by atoms with van der Waals surface area (Å²) in [6.07, 6.45) is 1.76. The molecule has 1 aliphatic rings. The van der Waals surface area contributed by atoms with Gasteiger partial charge in [0.1, 0.15) is 0 Å². The minimum Gasteiger partial charge on any atom is -0.478 e. The van der Waals surface area contributed by atoms with Crippen LogP contribution >= 0.6 is 11.6 Å². The van der Waals surface area contributed by atoms with Crippen molar-refractivity contribution >= 4 is 28.9 Å². The smallest absolute Gasteiger partial charge is 0.338 e. The number of nitrogens with zero attached hydrogens (tertiary/aromatic N) is 2. The zero-order valence-corrected chi connectivity index (χ0v) is 11.2. The first-order valence-electron chi connectivity index (χ1n) is 6.04. The first kappa shape index (κ1) is 14.5. The molecule has 2 rings (SSSR count). The number of hydrogen-bond acceptors (Lipinski definition) is 5. The molecule has 0 unspecified atom stereocenters. The summed E-state index contributed by atoms with van der Waals surface area (Å²) in [5, 5.41) is 29.1. The second kappa shape index (κ2) is 5.64. The summed E-state index contributed by atoms with van der Waals surface area (Å²) in [5.74, 6) is -1.28. The molecule has 0 saturated heterocycles. The number of rotatable bonds is 6. The number of aliphatic hydroxyl groups excluding tert-OH is 1. The van der Waals surface area contributed by atoms with E-state index in [2.05, 4.69) is 0 Å². The van der Waals surface area contributed by atoms with Crippen molar-refractivity contribution < 1.29 is 19.9 Å². The highest BCUT2D eigenvalue weighted by atomic mass is 35.5. The number of nitro benzene ring substituents is 1. The lowest BCUT2D eigenvalue weighted by Crippen LogP contribution is -2.30. The van der Waals surface area contributed by atoms with Gasteiger partial charge in [0.05, 0.1) is 27.8 Å². The Balaban J connectivity index is 2.54. The number of benzene rings is 1. The highest BCUT2D eigenvalue weighted by Crippen LogP contribution is 2.39. The van der Waals surface area contributed by atoms with E-state index in [9.17, 15) is 20.0 Å². The monoisotopic (exact) mass is 300 g/mol. The second-order valence-corrected chi connectivity index (χ2v) is 4.94. The summed E-state index contributed by atoms with van der Waals surface area (Å²) in [6, 6.07) is 2.26. The number of non-ortho nitro benzene ring substituents is 1. The molecular weight excluding hydrogens is 288 g/mol. The van der Waals surface area contributed by atoms with Gasteiger partial charge in [-0.3, -0.25) is 10.1 Å². The van der Waals surface area contributed by atoms with Crippen LogP contribution in [0, 0.1) is 10.1 Å². The quantitative estimate of drug-likeness (QED) is 0.614. The number of halogens is 1. The average molecular weight is 301 g/mol. The van der Waals surface area contributed by atoms with E-state index in [1.165, 1.54) is 0 Å². The topological polar surface area (TPSA) is 104 Å². The van der Waals surface area contributed by atoms with Gasteiger partial charge in [0.2, 0.25) is 0 Å². The van der Waals surface area contributed by atoms with E-state index in [1.54, 1.807) is 4.90 Å². The summed E-state index contributed by atoms with van der Waals surface area (Å²) < 4.78 is 0. The minimum atomic E-state index is -1.28. The summed E-state index contributed by atoms with van der Waals surface area (Å²) in [7, 11) is 0. The number of hydrogen-bond donors (Lipinski definition) is 2. The third-order valence-corrected chi connectivity index (χ3v) is 3.39. The predicted molar refractivity (Wildman–Crippen MR) is 72.5 cm³/mol. The summed E-state index contributed by atoms with van der Waals surface area (Å²) in [6.45, 7) is 0.0886. The average Bonchev–Trinajstić information content (AvgIpc) is 3.19. The van der Waals surface area contributed by atoms with E-state index < -0.39 is 10.9 Å². The molecule has 0 amide bonds. The van der Waals surface area contributed by atoms with Gasteiger partial charge >= 0.3 is 5.97 Å². The lowest BCUT2D eigenvalue weighted by Gasteiger charge is -2.26. The molecule has 0 spiro atoms. The third kappa shape index (κ3) is 2.83. The van der Waals surface area contributed by atoms with Gasteiger partial charge in [-0.1, -0.05) is 11.6 Å². The van der Waals surface area contributed by atoms with E-state index in [-0.39, 0.29) is 41.2 Å². The highest BCUT2D eigenvalue weighted by Gasteiger charge is 2.33. The molecule has 1 fully saturated rings. The fourth-order valence-corrected chi connectivity index (χ4v) is 2.44. The van der Waals surface area contributed by atoms with Gasteiger partial charge in [0.25, 0.3) is 5.69 Å². The molecule has 7 nitrogen and oxygen atoms in total. The molecule has 1 aromatic carbocycles. The van der Waals surface area contributed by atoms with Crippen LogP contribution in [-0.2, 0) is 0 Å². The van der Waals surface area contributed by atoms with Crippen molar-refractivity contribution in [2.75, 3.05) is 18.1 Å². The first-order valence-corrected chi connectivity index (χ1v) is 6.42. The lowest BCUT2D eigenvalue weighted by molar-refractivity contribution is -0.384. The lowest BCUT2D eigenvalue weighted by atomic mass is 10.1. The van der Waals surface area contributed by atoms with E-state index in [0.29, 0.717) is 0 Å². The van der Waals surface area contributed by atoms with Crippen molar-refractivity contribution in [3.05, 3.63) is 32.8 Å². The largest absolute Gasteiger partial charge is 0.478 e. The Morgan fingerprint density at radius 3 is 2.60 bits per heavy atom. The van der Waals surface area contributed by atoms with Crippen LogP contribution in [0.5, 0.6) is 0 Å². The molecule has 1 saturated carbocycles. The van der Waals surface area contributed by atoms with Crippen LogP contribution in [-0.4, -0.2) is 40.3 Å². The van der Waals surface area contributed by atoms with Crippen LogP contribution in [0.15, 0.2) is 12.1 Å². The molecule has 0 bridgehead atoms. The fourth-order valence-electron chi connectivity index (χ4n) is 2.12. The summed E-state index contributed by atoms with van der Waals surface area (Å²) >= 11 is 6.03. The van der Waals surface area contributed by atoms with Crippen LogP contribution < -0.4 is 4.90 Å². The molecule has 0 atom stereocenters. The molecule has 20 heavy (non-hydrogen) atoms. The van der Waals surface area contributed by atoms with E-state index in [4.69, 9.17) is 16.7 Å². The molecule has 8 heteroatoms. The summed E-state index contributed by atoms with van der Waals surface area (Å²) in [4.78, 5) is 23.1. The Morgan fingerprint density at radius 2 is 2.15 bits per heavy atom. The highest BCUT2D eigenvalue weighted by molar-refractivity contribution is 6.34. The third-order valence-electron chi connectivity index (χ3n) is 3.11. The molecule has 108 valence electrons. The van der Waals surface area contributed by atoms with E-state index >= 15 is 0 Å². The molecule has 2 N–H and O–H groups in total. The normalized spacial score (nSPS) is 14.1. The van der Waals surface area contributed by atoms with Gasteiger partial charge in [-0.25, -0.2) is 4.79 Å². The maximum Gasteiger partial charge on any atom is 0.338 e. The standard InChI is InChI=1S/C12H13ClN2O5/c13-10-6-8(15(19)20)5-9(12(17)18)11(10)14(3-4-16)7-1-2-7/h5-7,16H,1-4H2,(H,17,18). The predicted octanol–water partition coefficient (Wildman–Crippen LogP) is 1.91. The molecule has 1 aromatic rings. The molecular formula is C12H13ClN2O5.